The van der Waals surface area contributed by atoms with Crippen LogP contribution in [0.2, 0.25) is 0 Å². The van der Waals surface area contributed by atoms with Gasteiger partial charge in [-0.15, -0.1) is 0 Å². The molecule has 0 aliphatic carbocycles. The number of rotatable bonds is 5. The molecule has 1 aromatic carbocycles. The fourth-order valence-electron chi connectivity index (χ4n) is 2.07. The maximum atomic E-state index is 10.9. The summed E-state index contributed by atoms with van der Waals surface area (Å²) in [5, 5.41) is 0. The topological polar surface area (TPSA) is 26.3 Å². The molecule has 0 bridgehead atoms. The predicted octanol–water partition coefficient (Wildman–Crippen LogP) is 2.96. The third-order valence-corrected chi connectivity index (χ3v) is 3.24. The van der Waals surface area contributed by atoms with Gasteiger partial charge in [-0.25, -0.2) is 0 Å². The highest BCUT2D eigenvalue weighted by molar-refractivity contribution is 5.77. The van der Waals surface area contributed by atoms with E-state index in [9.17, 15) is 4.79 Å². The molecular formula is C14H18O2. The summed E-state index contributed by atoms with van der Waals surface area (Å²) in [5.41, 5.74) is 1.39. The number of hydrogen-bond donors (Lipinski definition) is 0. The summed E-state index contributed by atoms with van der Waals surface area (Å²) in [4.78, 5) is 10.9. The number of carbonyl (C=O) groups is 1. The van der Waals surface area contributed by atoms with E-state index in [1.54, 1.807) is 0 Å². The minimum absolute atomic E-state index is 0.0342. The predicted molar refractivity (Wildman–Crippen MR) is 63.0 cm³/mol. The summed E-state index contributed by atoms with van der Waals surface area (Å²) >= 11 is 0. The first-order valence-corrected chi connectivity index (χ1v) is 6.02. The van der Waals surface area contributed by atoms with Crippen molar-refractivity contribution in [1.82, 2.24) is 0 Å². The van der Waals surface area contributed by atoms with Crippen LogP contribution in [0, 0.1) is 5.92 Å². The van der Waals surface area contributed by atoms with Crippen molar-refractivity contribution in [2.24, 2.45) is 5.92 Å². The quantitative estimate of drug-likeness (QED) is 0.561. The van der Waals surface area contributed by atoms with Crippen molar-refractivity contribution >= 4 is 5.97 Å². The van der Waals surface area contributed by atoms with E-state index >= 15 is 0 Å². The van der Waals surface area contributed by atoms with E-state index < -0.39 is 0 Å². The highest BCUT2D eigenvalue weighted by Gasteiger charge is 2.37. The van der Waals surface area contributed by atoms with Gasteiger partial charge in [0.1, 0.15) is 6.10 Å². The molecule has 0 N–H and O–H groups in total. The first-order valence-electron chi connectivity index (χ1n) is 6.02. The van der Waals surface area contributed by atoms with Crippen LogP contribution in [0.3, 0.4) is 0 Å². The van der Waals surface area contributed by atoms with E-state index in [0.717, 1.165) is 19.3 Å². The van der Waals surface area contributed by atoms with Crippen LogP contribution in [0.1, 0.15) is 31.7 Å². The van der Waals surface area contributed by atoms with Crippen molar-refractivity contribution in [1.29, 1.82) is 0 Å². The maximum absolute atomic E-state index is 10.9. The normalized spacial score (nSPS) is 23.7. The fraction of sp³-hybridized carbons (Fsp3) is 0.500. The van der Waals surface area contributed by atoms with Crippen molar-refractivity contribution < 1.29 is 9.53 Å². The summed E-state index contributed by atoms with van der Waals surface area (Å²) in [5.74, 6) is 0.0878. The summed E-state index contributed by atoms with van der Waals surface area (Å²) in [6.07, 6.45) is 4.63. The first kappa shape index (κ1) is 11.2. The number of carbonyl (C=O) groups excluding carboxylic acids is 1. The number of benzene rings is 1. The summed E-state index contributed by atoms with van der Waals surface area (Å²) in [6.45, 7) is 1.95. The molecule has 1 aliphatic heterocycles. The molecule has 1 saturated heterocycles. The van der Waals surface area contributed by atoms with Crippen LogP contribution >= 0.6 is 0 Å². The van der Waals surface area contributed by atoms with E-state index in [0.29, 0.717) is 0 Å². The molecule has 1 heterocycles. The minimum atomic E-state index is -0.0342. The van der Waals surface area contributed by atoms with Gasteiger partial charge in [0.05, 0.1) is 5.92 Å². The highest BCUT2D eigenvalue weighted by atomic mass is 16.6. The Labute approximate surface area is 96.6 Å². The zero-order valence-corrected chi connectivity index (χ0v) is 9.69. The Kier molecular flexibility index (Phi) is 3.60. The summed E-state index contributed by atoms with van der Waals surface area (Å²) in [7, 11) is 0. The molecule has 2 rings (SSSR count). The molecular weight excluding hydrogens is 200 g/mol. The SMILES string of the molecule is C[C@H]1C(=O)O[C@H]1CCCCc1ccccc1. The summed E-state index contributed by atoms with van der Waals surface area (Å²) in [6, 6.07) is 10.5. The van der Waals surface area contributed by atoms with Gasteiger partial charge >= 0.3 is 5.97 Å². The van der Waals surface area contributed by atoms with Crippen LogP contribution in [-0.4, -0.2) is 12.1 Å². The second-order valence-electron chi connectivity index (χ2n) is 4.50. The number of unbranched alkanes of at least 4 members (excludes halogenated alkanes) is 1. The van der Waals surface area contributed by atoms with E-state index in [-0.39, 0.29) is 18.0 Å². The van der Waals surface area contributed by atoms with E-state index in [1.165, 1.54) is 12.0 Å². The van der Waals surface area contributed by atoms with E-state index in [1.807, 2.05) is 13.0 Å². The van der Waals surface area contributed by atoms with Crippen LogP contribution in [-0.2, 0) is 16.0 Å². The van der Waals surface area contributed by atoms with Gasteiger partial charge in [0, 0.05) is 0 Å². The van der Waals surface area contributed by atoms with Crippen LogP contribution in [0.15, 0.2) is 30.3 Å². The second kappa shape index (κ2) is 5.15. The zero-order valence-electron chi connectivity index (χ0n) is 9.69. The van der Waals surface area contributed by atoms with Crippen molar-refractivity contribution in [3.8, 4) is 0 Å². The number of ether oxygens (including phenoxy) is 1. The highest BCUT2D eigenvalue weighted by Crippen LogP contribution is 2.26. The molecule has 86 valence electrons. The average Bonchev–Trinajstić information content (AvgIpc) is 2.34. The maximum Gasteiger partial charge on any atom is 0.312 e. The lowest BCUT2D eigenvalue weighted by molar-refractivity contribution is -0.183. The Hall–Kier alpha value is -1.31. The van der Waals surface area contributed by atoms with Gasteiger partial charge in [0.2, 0.25) is 0 Å². The number of hydrogen-bond acceptors (Lipinski definition) is 2. The standard InChI is InChI=1S/C14H18O2/c1-11-13(16-14(11)15)10-6-5-9-12-7-3-2-4-8-12/h2-4,7-8,11,13H,5-6,9-10H2,1H3/t11-,13+/m1/s1. The molecule has 0 saturated carbocycles. The van der Waals surface area contributed by atoms with Gasteiger partial charge in [-0.3, -0.25) is 4.79 Å². The largest absolute Gasteiger partial charge is 0.461 e. The molecule has 0 aromatic heterocycles. The van der Waals surface area contributed by atoms with Crippen LogP contribution in [0.5, 0.6) is 0 Å². The van der Waals surface area contributed by atoms with Crippen molar-refractivity contribution in [3.05, 3.63) is 35.9 Å². The Morgan fingerprint density at radius 1 is 1.19 bits per heavy atom. The Balaban J connectivity index is 1.61. The van der Waals surface area contributed by atoms with Gasteiger partial charge in [-0.2, -0.15) is 0 Å². The number of cyclic esters (lactones) is 1. The van der Waals surface area contributed by atoms with E-state index in [2.05, 4.69) is 24.3 Å². The molecule has 0 spiro atoms. The van der Waals surface area contributed by atoms with Crippen molar-refractivity contribution in [2.45, 2.75) is 38.7 Å². The first-order chi connectivity index (χ1) is 7.77. The summed E-state index contributed by atoms with van der Waals surface area (Å²) < 4.78 is 5.06. The smallest absolute Gasteiger partial charge is 0.312 e. The van der Waals surface area contributed by atoms with Gasteiger partial charge in [-0.05, 0) is 38.2 Å². The molecule has 0 amide bonds. The van der Waals surface area contributed by atoms with Crippen molar-refractivity contribution in [2.75, 3.05) is 0 Å². The average molecular weight is 218 g/mol. The molecule has 1 fully saturated rings. The van der Waals surface area contributed by atoms with Crippen molar-refractivity contribution in [3.63, 3.8) is 0 Å². The molecule has 2 heteroatoms. The lowest BCUT2D eigenvalue weighted by Gasteiger charge is -2.32. The fourth-order valence-corrected chi connectivity index (χ4v) is 2.07. The Bertz CT molecular complexity index is 345. The van der Waals surface area contributed by atoms with Crippen LogP contribution < -0.4 is 0 Å². The van der Waals surface area contributed by atoms with Gasteiger partial charge in [0.15, 0.2) is 0 Å². The third kappa shape index (κ3) is 2.63. The molecule has 0 radical (unpaired) electrons. The minimum Gasteiger partial charge on any atom is -0.461 e. The Morgan fingerprint density at radius 2 is 1.94 bits per heavy atom. The van der Waals surface area contributed by atoms with Gasteiger partial charge in [-0.1, -0.05) is 30.3 Å². The molecule has 0 unspecified atom stereocenters. The monoisotopic (exact) mass is 218 g/mol. The van der Waals surface area contributed by atoms with Gasteiger partial charge < -0.3 is 4.74 Å². The zero-order chi connectivity index (χ0) is 11.4. The van der Waals surface area contributed by atoms with Crippen LogP contribution in [0.25, 0.3) is 0 Å². The Morgan fingerprint density at radius 3 is 2.56 bits per heavy atom. The molecule has 2 atom stereocenters. The second-order valence-corrected chi connectivity index (χ2v) is 4.50. The molecule has 2 nitrogen and oxygen atoms in total. The number of esters is 1. The van der Waals surface area contributed by atoms with Crippen LogP contribution in [0.4, 0.5) is 0 Å². The molecule has 1 aliphatic rings. The molecule has 1 aromatic rings. The molecule has 16 heavy (non-hydrogen) atoms. The third-order valence-electron chi connectivity index (χ3n) is 3.24. The van der Waals surface area contributed by atoms with Gasteiger partial charge in [0.25, 0.3) is 0 Å². The number of aryl methyl sites for hydroxylation is 1. The lowest BCUT2D eigenvalue weighted by Crippen LogP contribution is -2.42. The van der Waals surface area contributed by atoms with E-state index in [4.69, 9.17) is 4.74 Å². The lowest BCUT2D eigenvalue weighted by atomic mass is 9.94.